The molecule has 0 aromatic carbocycles. The van der Waals surface area contributed by atoms with Crippen LogP contribution in [-0.4, -0.2) is 9.59 Å². The van der Waals surface area contributed by atoms with Gasteiger partial charge in [0.25, 0.3) is 0 Å². The van der Waals surface area contributed by atoms with Crippen molar-refractivity contribution in [2.24, 2.45) is 11.8 Å². The van der Waals surface area contributed by atoms with E-state index in [0.29, 0.717) is 0 Å². The van der Waals surface area contributed by atoms with Crippen LogP contribution in [0.25, 0.3) is 0 Å². The molecule has 3 N–H and O–H groups in total. The van der Waals surface area contributed by atoms with Crippen LogP contribution < -0.4 is 11.3 Å². The first-order valence-corrected chi connectivity index (χ1v) is 8.08. The minimum Gasteiger partial charge on any atom is -0.271 e. The topological polar surface area (TPSA) is 63.8 Å². The van der Waals surface area contributed by atoms with Crippen molar-refractivity contribution >= 4 is 11.5 Å². The average Bonchev–Trinajstić information content (AvgIpc) is 2.98. The highest BCUT2D eigenvalue weighted by atomic mass is 32.1. The minimum absolute atomic E-state index is 0.0325. The molecule has 1 atom stereocenters. The van der Waals surface area contributed by atoms with E-state index in [1.54, 1.807) is 0 Å². The lowest BCUT2D eigenvalue weighted by Gasteiger charge is -2.22. The molecule has 0 bridgehead atoms. The monoisotopic (exact) mass is 282 g/mol. The standard InChI is InChI=1S/C14H26N4S/c1-14(2,3)13-12(19-18-17-13)11(16-15)9-8-10-6-4-5-7-10/h10-11,16H,4-9,15H2,1-3H3. The maximum atomic E-state index is 5.76. The lowest BCUT2D eigenvalue weighted by molar-refractivity contribution is 0.413. The molecule has 108 valence electrons. The Bertz CT molecular complexity index is 390. The SMILES string of the molecule is CC(C)(C)c1nnsc1C(CCC1CCCC1)NN. The van der Waals surface area contributed by atoms with Crippen LogP contribution in [0.3, 0.4) is 0 Å². The maximum absolute atomic E-state index is 5.76. The molecule has 4 nitrogen and oxygen atoms in total. The Morgan fingerprint density at radius 3 is 2.63 bits per heavy atom. The van der Waals surface area contributed by atoms with Crippen molar-refractivity contribution in [3.63, 3.8) is 0 Å². The van der Waals surface area contributed by atoms with E-state index < -0.39 is 0 Å². The second-order valence-electron chi connectivity index (χ2n) is 6.68. The van der Waals surface area contributed by atoms with Gasteiger partial charge < -0.3 is 0 Å². The van der Waals surface area contributed by atoms with Crippen LogP contribution in [0.1, 0.15) is 75.9 Å². The third kappa shape index (κ3) is 3.74. The summed E-state index contributed by atoms with van der Waals surface area (Å²) < 4.78 is 4.13. The molecule has 1 unspecified atom stereocenters. The predicted octanol–water partition coefficient (Wildman–Crippen LogP) is 3.31. The average molecular weight is 282 g/mol. The Morgan fingerprint density at radius 1 is 1.37 bits per heavy atom. The Hall–Kier alpha value is -0.520. The summed E-state index contributed by atoms with van der Waals surface area (Å²) in [5, 5.41) is 4.31. The number of aromatic nitrogens is 2. The number of hydrazine groups is 1. The lowest BCUT2D eigenvalue weighted by Crippen LogP contribution is -2.30. The van der Waals surface area contributed by atoms with Crippen molar-refractivity contribution in [2.45, 2.75) is 70.8 Å². The second-order valence-corrected chi connectivity index (χ2v) is 7.47. The van der Waals surface area contributed by atoms with E-state index >= 15 is 0 Å². The van der Waals surface area contributed by atoms with Crippen LogP contribution in [0, 0.1) is 5.92 Å². The quantitative estimate of drug-likeness (QED) is 0.642. The fourth-order valence-electron chi connectivity index (χ4n) is 2.94. The molecule has 1 aliphatic rings. The summed E-state index contributed by atoms with van der Waals surface area (Å²) in [4.78, 5) is 1.22. The molecule has 1 aliphatic carbocycles. The summed E-state index contributed by atoms with van der Waals surface area (Å²) >= 11 is 1.49. The van der Waals surface area contributed by atoms with Gasteiger partial charge in [-0.1, -0.05) is 50.9 Å². The smallest absolute Gasteiger partial charge is 0.0857 e. The first-order valence-electron chi connectivity index (χ1n) is 7.31. The predicted molar refractivity (Wildman–Crippen MR) is 79.9 cm³/mol. The van der Waals surface area contributed by atoms with Crippen molar-refractivity contribution in [1.82, 2.24) is 15.0 Å². The molecule has 1 aromatic heterocycles. The summed E-state index contributed by atoms with van der Waals surface area (Å²) in [5.41, 5.74) is 4.09. The molecule has 0 spiro atoms. The largest absolute Gasteiger partial charge is 0.271 e. The Balaban J connectivity index is 2.02. The first-order chi connectivity index (χ1) is 9.02. The third-order valence-corrected chi connectivity index (χ3v) is 4.92. The molecule has 1 aromatic rings. The van der Waals surface area contributed by atoms with Crippen molar-refractivity contribution in [1.29, 1.82) is 0 Å². The Kier molecular flexibility index (Phi) is 4.92. The van der Waals surface area contributed by atoms with Gasteiger partial charge in [0.2, 0.25) is 0 Å². The zero-order valence-electron chi connectivity index (χ0n) is 12.3. The van der Waals surface area contributed by atoms with Crippen molar-refractivity contribution < 1.29 is 0 Å². The van der Waals surface area contributed by atoms with Gasteiger partial charge in [0.05, 0.1) is 16.6 Å². The summed E-state index contributed by atoms with van der Waals surface area (Å²) in [6.07, 6.45) is 7.95. The number of hydrogen-bond acceptors (Lipinski definition) is 5. The van der Waals surface area contributed by atoms with Gasteiger partial charge in [0, 0.05) is 5.41 Å². The maximum Gasteiger partial charge on any atom is 0.0857 e. The van der Waals surface area contributed by atoms with Crippen molar-refractivity contribution in [3.8, 4) is 0 Å². The highest BCUT2D eigenvalue weighted by molar-refractivity contribution is 7.05. The summed E-state index contributed by atoms with van der Waals surface area (Å²) in [7, 11) is 0. The molecule has 0 aliphatic heterocycles. The van der Waals surface area contributed by atoms with Crippen LogP contribution in [0.5, 0.6) is 0 Å². The van der Waals surface area contributed by atoms with Crippen LogP contribution in [0.2, 0.25) is 0 Å². The van der Waals surface area contributed by atoms with Gasteiger partial charge in [-0.05, 0) is 30.3 Å². The van der Waals surface area contributed by atoms with Gasteiger partial charge in [-0.25, -0.2) is 0 Å². The van der Waals surface area contributed by atoms with E-state index in [1.807, 2.05) is 0 Å². The molecule has 0 saturated heterocycles. The Labute approximate surface area is 120 Å². The van der Waals surface area contributed by atoms with Crippen LogP contribution in [0.15, 0.2) is 0 Å². The number of nitrogens with two attached hydrogens (primary N) is 1. The van der Waals surface area contributed by atoms with Crippen molar-refractivity contribution in [3.05, 3.63) is 10.6 Å². The summed E-state index contributed by atoms with van der Waals surface area (Å²) in [6.45, 7) is 6.54. The van der Waals surface area contributed by atoms with E-state index in [0.717, 1.165) is 18.0 Å². The number of rotatable bonds is 5. The van der Waals surface area contributed by atoms with Gasteiger partial charge in [0.1, 0.15) is 0 Å². The lowest BCUT2D eigenvalue weighted by atomic mass is 9.88. The zero-order chi connectivity index (χ0) is 13.9. The van der Waals surface area contributed by atoms with E-state index in [4.69, 9.17) is 5.84 Å². The molecule has 2 rings (SSSR count). The highest BCUT2D eigenvalue weighted by Gasteiger charge is 2.27. The van der Waals surface area contributed by atoms with Gasteiger partial charge in [-0.3, -0.25) is 11.3 Å². The van der Waals surface area contributed by atoms with Gasteiger partial charge in [-0.15, -0.1) is 5.10 Å². The van der Waals surface area contributed by atoms with Crippen LogP contribution >= 0.6 is 11.5 Å². The normalized spacial score (nSPS) is 18.9. The second kappa shape index (κ2) is 6.29. The van der Waals surface area contributed by atoms with Crippen LogP contribution in [-0.2, 0) is 5.41 Å². The summed E-state index contributed by atoms with van der Waals surface area (Å²) in [5.74, 6) is 6.66. The molecule has 1 heterocycles. The molecule has 5 heteroatoms. The molecule has 19 heavy (non-hydrogen) atoms. The Morgan fingerprint density at radius 2 is 2.05 bits per heavy atom. The molecule has 0 radical (unpaired) electrons. The zero-order valence-corrected chi connectivity index (χ0v) is 13.1. The van der Waals surface area contributed by atoms with Gasteiger partial charge in [-0.2, -0.15) is 0 Å². The van der Waals surface area contributed by atoms with E-state index in [9.17, 15) is 0 Å². The molecule has 1 fully saturated rings. The molecule has 1 saturated carbocycles. The number of hydrogen-bond donors (Lipinski definition) is 2. The van der Waals surface area contributed by atoms with Gasteiger partial charge in [0.15, 0.2) is 0 Å². The van der Waals surface area contributed by atoms with E-state index in [1.165, 1.54) is 48.5 Å². The van der Waals surface area contributed by atoms with E-state index in [2.05, 4.69) is 35.8 Å². The third-order valence-electron chi connectivity index (χ3n) is 4.08. The fraction of sp³-hybridized carbons (Fsp3) is 0.857. The molecular weight excluding hydrogens is 256 g/mol. The number of nitrogens with zero attached hydrogens (tertiary/aromatic N) is 2. The summed E-state index contributed by atoms with van der Waals surface area (Å²) in [6, 6.07) is 0.204. The van der Waals surface area contributed by atoms with Gasteiger partial charge >= 0.3 is 0 Å². The number of nitrogens with one attached hydrogen (secondary N) is 1. The molecular formula is C14H26N4S. The van der Waals surface area contributed by atoms with Crippen LogP contribution in [0.4, 0.5) is 0 Å². The minimum atomic E-state index is 0.0325. The fourth-order valence-corrected chi connectivity index (χ4v) is 3.89. The highest BCUT2D eigenvalue weighted by Crippen LogP contribution is 2.35. The first kappa shape index (κ1) is 14.9. The van der Waals surface area contributed by atoms with Crippen molar-refractivity contribution in [2.75, 3.05) is 0 Å². The van der Waals surface area contributed by atoms with E-state index in [-0.39, 0.29) is 11.5 Å². The molecule has 0 amide bonds.